The number of phenols is 1. The molecular weight excluding hydrogens is 255 g/mol. The molecule has 0 saturated carbocycles. The Morgan fingerprint density at radius 2 is 1.75 bits per heavy atom. The van der Waals surface area contributed by atoms with Crippen molar-refractivity contribution in [3.8, 4) is 5.75 Å². The molecule has 2 nitrogen and oxygen atoms in total. The lowest BCUT2D eigenvalue weighted by molar-refractivity contribution is 0.0979. The molecule has 0 bridgehead atoms. The van der Waals surface area contributed by atoms with Crippen LogP contribution in [-0.4, -0.2) is 10.9 Å². The number of aromatic hydroxyl groups is 1. The molecule has 2 aromatic carbocycles. The number of halogens is 1. The highest BCUT2D eigenvalue weighted by Gasteiger charge is 2.12. The molecule has 0 radical (unpaired) electrons. The van der Waals surface area contributed by atoms with Crippen LogP contribution in [0.5, 0.6) is 5.75 Å². The van der Waals surface area contributed by atoms with Gasteiger partial charge in [0.2, 0.25) is 0 Å². The van der Waals surface area contributed by atoms with E-state index in [0.717, 1.165) is 17.5 Å². The maximum absolute atomic E-state index is 13.8. The number of Topliss-reactive ketones (excluding diaryl/α,β-unsaturated/α-hetero) is 1. The molecule has 2 aromatic rings. The molecule has 1 N–H and O–H groups in total. The van der Waals surface area contributed by atoms with Crippen LogP contribution in [0.4, 0.5) is 4.39 Å². The molecule has 104 valence electrons. The highest BCUT2D eigenvalue weighted by Crippen LogP contribution is 2.16. The molecule has 3 heteroatoms. The average molecular weight is 272 g/mol. The Labute approximate surface area is 117 Å². The summed E-state index contributed by atoms with van der Waals surface area (Å²) in [5.41, 5.74) is 1.99. The van der Waals surface area contributed by atoms with Crippen LogP contribution in [0.3, 0.4) is 0 Å². The van der Waals surface area contributed by atoms with Crippen LogP contribution >= 0.6 is 0 Å². The topological polar surface area (TPSA) is 37.3 Å². The number of benzene rings is 2. The molecule has 0 aromatic heterocycles. The molecule has 0 atom stereocenters. The van der Waals surface area contributed by atoms with Gasteiger partial charge in [-0.2, -0.15) is 0 Å². The second kappa shape index (κ2) is 6.33. The van der Waals surface area contributed by atoms with Gasteiger partial charge in [0.15, 0.2) is 5.78 Å². The third kappa shape index (κ3) is 3.44. The van der Waals surface area contributed by atoms with Crippen molar-refractivity contribution in [3.05, 3.63) is 65.0 Å². The number of ketones is 1. The first kappa shape index (κ1) is 14.3. The van der Waals surface area contributed by atoms with Gasteiger partial charge in [-0.3, -0.25) is 4.79 Å². The minimum Gasteiger partial charge on any atom is -0.508 e. The van der Waals surface area contributed by atoms with Crippen LogP contribution in [0.2, 0.25) is 0 Å². The summed E-state index contributed by atoms with van der Waals surface area (Å²) in [5, 5.41) is 9.18. The molecule has 0 aliphatic carbocycles. The van der Waals surface area contributed by atoms with Crippen LogP contribution in [0.1, 0.15) is 34.8 Å². The first-order valence-electron chi connectivity index (χ1n) is 6.69. The van der Waals surface area contributed by atoms with E-state index in [4.69, 9.17) is 0 Å². The monoisotopic (exact) mass is 272 g/mol. The third-order valence-corrected chi connectivity index (χ3v) is 3.32. The van der Waals surface area contributed by atoms with Gasteiger partial charge in [0.05, 0.1) is 5.56 Å². The van der Waals surface area contributed by atoms with Crippen LogP contribution < -0.4 is 0 Å². The summed E-state index contributed by atoms with van der Waals surface area (Å²) in [6.07, 6.45) is 1.54. The molecule has 0 heterocycles. The van der Waals surface area contributed by atoms with E-state index in [1.807, 2.05) is 6.92 Å². The summed E-state index contributed by atoms with van der Waals surface area (Å²) in [7, 11) is 0. The summed E-state index contributed by atoms with van der Waals surface area (Å²) in [6.45, 7) is 1.95. The van der Waals surface area contributed by atoms with Gasteiger partial charge >= 0.3 is 0 Å². The van der Waals surface area contributed by atoms with Crippen LogP contribution in [0, 0.1) is 5.82 Å². The van der Waals surface area contributed by atoms with Gasteiger partial charge in [-0.15, -0.1) is 0 Å². The van der Waals surface area contributed by atoms with E-state index >= 15 is 0 Å². The van der Waals surface area contributed by atoms with E-state index in [-0.39, 0.29) is 23.5 Å². The highest BCUT2D eigenvalue weighted by molar-refractivity contribution is 5.96. The predicted molar refractivity (Wildman–Crippen MR) is 76.5 cm³/mol. The standard InChI is InChI=1S/C17H17FO2/c1-2-12-5-9-15(16(18)11-12)17(20)10-6-13-3-7-14(19)8-4-13/h3-5,7-9,11,19H,2,6,10H2,1H3. The van der Waals surface area contributed by atoms with Gasteiger partial charge in [-0.05, 0) is 48.2 Å². The predicted octanol–water partition coefficient (Wildman–Crippen LogP) is 3.91. The Kier molecular flexibility index (Phi) is 4.51. The van der Waals surface area contributed by atoms with Crippen molar-refractivity contribution in [2.24, 2.45) is 0 Å². The quantitative estimate of drug-likeness (QED) is 0.838. The molecule has 0 unspecified atom stereocenters. The molecule has 0 aliphatic heterocycles. The minimum absolute atomic E-state index is 0.154. The summed E-state index contributed by atoms with van der Waals surface area (Å²) < 4.78 is 13.8. The number of phenolic OH excluding ortho intramolecular Hbond substituents is 1. The van der Waals surface area contributed by atoms with Gasteiger partial charge in [0.25, 0.3) is 0 Å². The zero-order valence-corrected chi connectivity index (χ0v) is 11.4. The van der Waals surface area contributed by atoms with Crippen molar-refractivity contribution in [2.45, 2.75) is 26.2 Å². The molecule has 0 amide bonds. The van der Waals surface area contributed by atoms with Gasteiger partial charge in [-0.1, -0.05) is 25.1 Å². The number of carbonyl (C=O) groups excluding carboxylic acids is 1. The fraction of sp³-hybridized carbons (Fsp3) is 0.235. The number of aryl methyl sites for hydroxylation is 2. The minimum atomic E-state index is -0.444. The fourth-order valence-electron chi connectivity index (χ4n) is 2.06. The Bertz CT molecular complexity index is 603. The fourth-order valence-corrected chi connectivity index (χ4v) is 2.06. The number of rotatable bonds is 5. The van der Waals surface area contributed by atoms with Gasteiger partial charge in [0, 0.05) is 6.42 Å². The van der Waals surface area contributed by atoms with Crippen molar-refractivity contribution in [1.29, 1.82) is 0 Å². The molecule has 0 fully saturated rings. The van der Waals surface area contributed by atoms with E-state index in [1.54, 1.807) is 36.4 Å². The molecular formula is C17H17FO2. The van der Waals surface area contributed by atoms with Gasteiger partial charge < -0.3 is 5.11 Å². The Morgan fingerprint density at radius 3 is 2.35 bits per heavy atom. The molecule has 0 aliphatic rings. The molecule has 2 rings (SSSR count). The molecule has 0 saturated heterocycles. The number of carbonyl (C=O) groups is 1. The smallest absolute Gasteiger partial charge is 0.166 e. The highest BCUT2D eigenvalue weighted by atomic mass is 19.1. The summed E-state index contributed by atoms with van der Waals surface area (Å²) in [4.78, 5) is 12.0. The zero-order chi connectivity index (χ0) is 14.5. The first-order valence-corrected chi connectivity index (χ1v) is 6.69. The van der Waals surface area contributed by atoms with Crippen LogP contribution in [0.15, 0.2) is 42.5 Å². The summed E-state index contributed by atoms with van der Waals surface area (Å²) in [6, 6.07) is 11.5. The van der Waals surface area contributed by atoms with E-state index in [2.05, 4.69) is 0 Å². The lowest BCUT2D eigenvalue weighted by atomic mass is 10.0. The third-order valence-electron chi connectivity index (χ3n) is 3.32. The summed E-state index contributed by atoms with van der Waals surface area (Å²) in [5.74, 6) is -0.445. The maximum atomic E-state index is 13.8. The molecule has 0 spiro atoms. The van der Waals surface area contributed by atoms with Crippen LogP contribution in [-0.2, 0) is 12.8 Å². The lowest BCUT2D eigenvalue weighted by Crippen LogP contribution is -2.04. The van der Waals surface area contributed by atoms with E-state index in [0.29, 0.717) is 6.42 Å². The van der Waals surface area contributed by atoms with Crippen LogP contribution in [0.25, 0.3) is 0 Å². The second-order valence-electron chi connectivity index (χ2n) is 4.76. The second-order valence-corrected chi connectivity index (χ2v) is 4.76. The van der Waals surface area contributed by atoms with Crippen molar-refractivity contribution in [1.82, 2.24) is 0 Å². The van der Waals surface area contributed by atoms with E-state index in [9.17, 15) is 14.3 Å². The first-order chi connectivity index (χ1) is 9.60. The normalized spacial score (nSPS) is 10.5. The van der Waals surface area contributed by atoms with E-state index in [1.165, 1.54) is 6.07 Å². The Hall–Kier alpha value is -2.16. The molecule has 20 heavy (non-hydrogen) atoms. The lowest BCUT2D eigenvalue weighted by Gasteiger charge is -2.05. The van der Waals surface area contributed by atoms with Crippen molar-refractivity contribution in [2.75, 3.05) is 0 Å². The van der Waals surface area contributed by atoms with Gasteiger partial charge in [-0.25, -0.2) is 4.39 Å². The average Bonchev–Trinajstić information content (AvgIpc) is 2.46. The zero-order valence-electron chi connectivity index (χ0n) is 11.4. The number of hydrogen-bond acceptors (Lipinski definition) is 2. The maximum Gasteiger partial charge on any atom is 0.166 e. The SMILES string of the molecule is CCc1ccc(C(=O)CCc2ccc(O)cc2)c(F)c1. The van der Waals surface area contributed by atoms with E-state index < -0.39 is 5.82 Å². The van der Waals surface area contributed by atoms with Gasteiger partial charge in [0.1, 0.15) is 11.6 Å². The number of hydrogen-bond donors (Lipinski definition) is 1. The van der Waals surface area contributed by atoms with Crippen molar-refractivity contribution in [3.63, 3.8) is 0 Å². The largest absolute Gasteiger partial charge is 0.508 e. The Balaban J connectivity index is 2.03. The Morgan fingerprint density at radius 1 is 1.10 bits per heavy atom. The van der Waals surface area contributed by atoms with Crippen molar-refractivity contribution < 1.29 is 14.3 Å². The summed E-state index contributed by atoms with van der Waals surface area (Å²) >= 11 is 0. The van der Waals surface area contributed by atoms with Crippen molar-refractivity contribution >= 4 is 5.78 Å².